The number of para-hydroxylation sites is 2. The van der Waals surface area contributed by atoms with E-state index >= 15 is 0 Å². The fourth-order valence-electron chi connectivity index (χ4n) is 3.03. The zero-order chi connectivity index (χ0) is 18.6. The largest absolute Gasteiger partial charge is 0.356 e. The van der Waals surface area contributed by atoms with Crippen LogP contribution in [0.3, 0.4) is 0 Å². The van der Waals surface area contributed by atoms with Gasteiger partial charge in [0.15, 0.2) is 5.96 Å². The Bertz CT molecular complexity index is 893. The second-order valence-electron chi connectivity index (χ2n) is 7.10. The molecule has 0 saturated carbocycles. The van der Waals surface area contributed by atoms with Crippen LogP contribution in [0.2, 0.25) is 0 Å². The van der Waals surface area contributed by atoms with Crippen molar-refractivity contribution in [2.75, 3.05) is 13.6 Å². The second-order valence-corrected chi connectivity index (χ2v) is 7.10. The van der Waals surface area contributed by atoms with Crippen LogP contribution in [0.1, 0.15) is 25.2 Å². The summed E-state index contributed by atoms with van der Waals surface area (Å²) in [6.07, 6.45) is 0. The Hall–Kier alpha value is -2.82. The molecule has 0 bridgehead atoms. The second kappa shape index (κ2) is 7.60. The van der Waals surface area contributed by atoms with Gasteiger partial charge in [0.25, 0.3) is 0 Å². The van der Waals surface area contributed by atoms with Crippen LogP contribution in [0.4, 0.5) is 0 Å². The molecule has 2 aromatic carbocycles. The average molecular weight is 349 g/mol. The zero-order valence-corrected chi connectivity index (χ0v) is 16.0. The van der Waals surface area contributed by atoms with E-state index in [1.165, 1.54) is 5.56 Å². The van der Waals surface area contributed by atoms with Gasteiger partial charge in [0.05, 0.1) is 17.6 Å². The van der Waals surface area contributed by atoms with Crippen molar-refractivity contribution in [2.24, 2.45) is 12.0 Å². The van der Waals surface area contributed by atoms with Gasteiger partial charge in [0.2, 0.25) is 0 Å². The summed E-state index contributed by atoms with van der Waals surface area (Å²) in [6, 6.07) is 18.7. The smallest absolute Gasteiger partial charge is 0.191 e. The van der Waals surface area contributed by atoms with Gasteiger partial charge < -0.3 is 15.2 Å². The third-order valence-corrected chi connectivity index (χ3v) is 4.77. The molecule has 0 atom stereocenters. The number of aromatic nitrogens is 2. The minimum Gasteiger partial charge on any atom is -0.356 e. The Morgan fingerprint density at radius 3 is 2.42 bits per heavy atom. The fourth-order valence-corrected chi connectivity index (χ4v) is 3.03. The zero-order valence-electron chi connectivity index (χ0n) is 16.0. The number of fused-ring (bicyclic) bond motifs is 1. The number of guanidine groups is 1. The van der Waals surface area contributed by atoms with Gasteiger partial charge in [-0.3, -0.25) is 4.99 Å². The third-order valence-electron chi connectivity index (χ3n) is 4.77. The fraction of sp³-hybridized carbons (Fsp3) is 0.333. The molecule has 0 saturated heterocycles. The van der Waals surface area contributed by atoms with Crippen molar-refractivity contribution in [3.8, 4) is 0 Å². The van der Waals surface area contributed by atoms with Crippen molar-refractivity contribution in [3.05, 3.63) is 66.0 Å². The normalized spacial score (nSPS) is 12.4. The summed E-state index contributed by atoms with van der Waals surface area (Å²) in [4.78, 5) is 9.03. The Balaban J connectivity index is 1.62. The maximum absolute atomic E-state index is 4.69. The lowest BCUT2D eigenvalue weighted by Crippen LogP contribution is -2.43. The SMILES string of the molecule is CN=C(NCc1nc2ccccc2n1C)NCC(C)(C)c1ccccc1. The molecule has 0 fully saturated rings. The molecule has 3 aromatic rings. The van der Waals surface area contributed by atoms with Gasteiger partial charge in [-0.05, 0) is 17.7 Å². The first-order valence-corrected chi connectivity index (χ1v) is 8.91. The summed E-state index contributed by atoms with van der Waals surface area (Å²) in [6.45, 7) is 5.87. The molecule has 136 valence electrons. The Kier molecular flexibility index (Phi) is 5.26. The van der Waals surface area contributed by atoms with Crippen molar-refractivity contribution in [1.29, 1.82) is 0 Å². The topological polar surface area (TPSA) is 54.2 Å². The standard InChI is InChI=1S/C21H27N5/c1-21(2,16-10-6-5-7-11-16)15-24-20(22-3)23-14-19-25-17-12-8-9-13-18(17)26(19)4/h5-13H,14-15H2,1-4H3,(H2,22,23,24). The van der Waals surface area contributed by atoms with Crippen LogP contribution in [0.5, 0.6) is 0 Å². The molecule has 26 heavy (non-hydrogen) atoms. The molecule has 0 radical (unpaired) electrons. The van der Waals surface area contributed by atoms with Crippen molar-refractivity contribution >= 4 is 17.0 Å². The summed E-state index contributed by atoms with van der Waals surface area (Å²) in [7, 11) is 3.83. The molecular weight excluding hydrogens is 322 g/mol. The molecule has 5 nitrogen and oxygen atoms in total. The van der Waals surface area contributed by atoms with E-state index in [4.69, 9.17) is 4.98 Å². The highest BCUT2D eigenvalue weighted by Gasteiger charge is 2.20. The summed E-state index contributed by atoms with van der Waals surface area (Å²) < 4.78 is 2.11. The van der Waals surface area contributed by atoms with Crippen LogP contribution in [-0.4, -0.2) is 29.1 Å². The Morgan fingerprint density at radius 1 is 1.04 bits per heavy atom. The minimum atomic E-state index is 0.0107. The number of aryl methyl sites for hydroxylation is 1. The van der Waals surface area contributed by atoms with E-state index < -0.39 is 0 Å². The van der Waals surface area contributed by atoms with Crippen LogP contribution in [0.25, 0.3) is 11.0 Å². The summed E-state index contributed by atoms with van der Waals surface area (Å²) in [5.74, 6) is 1.76. The monoisotopic (exact) mass is 349 g/mol. The van der Waals surface area contributed by atoms with Gasteiger partial charge in [0.1, 0.15) is 5.82 Å². The number of hydrogen-bond donors (Lipinski definition) is 2. The number of nitrogens with zero attached hydrogens (tertiary/aromatic N) is 3. The predicted molar refractivity (Wildman–Crippen MR) is 108 cm³/mol. The predicted octanol–water partition coefficient (Wildman–Crippen LogP) is 3.22. The molecule has 0 aliphatic carbocycles. The molecule has 0 amide bonds. The molecular formula is C21H27N5. The quantitative estimate of drug-likeness (QED) is 0.549. The first-order valence-electron chi connectivity index (χ1n) is 8.91. The van der Waals surface area contributed by atoms with E-state index in [9.17, 15) is 0 Å². The molecule has 1 heterocycles. The van der Waals surface area contributed by atoms with Crippen molar-refractivity contribution in [2.45, 2.75) is 25.8 Å². The van der Waals surface area contributed by atoms with Gasteiger partial charge in [-0.1, -0.05) is 56.3 Å². The number of rotatable bonds is 5. The molecule has 0 aliphatic heterocycles. The molecule has 1 aromatic heterocycles. The van der Waals surface area contributed by atoms with Gasteiger partial charge in [-0.25, -0.2) is 4.98 Å². The van der Waals surface area contributed by atoms with Crippen LogP contribution >= 0.6 is 0 Å². The van der Waals surface area contributed by atoms with Crippen molar-refractivity contribution in [3.63, 3.8) is 0 Å². The van der Waals surface area contributed by atoms with Gasteiger partial charge in [0, 0.05) is 26.1 Å². The molecule has 0 spiro atoms. The van der Waals surface area contributed by atoms with E-state index in [0.717, 1.165) is 29.4 Å². The molecule has 2 N–H and O–H groups in total. The number of aliphatic imine (C=N–C) groups is 1. The van der Waals surface area contributed by atoms with Crippen LogP contribution < -0.4 is 10.6 Å². The van der Waals surface area contributed by atoms with E-state index in [1.807, 2.05) is 31.3 Å². The minimum absolute atomic E-state index is 0.0107. The molecule has 0 unspecified atom stereocenters. The van der Waals surface area contributed by atoms with Crippen LogP contribution in [0, 0.1) is 0 Å². The third kappa shape index (κ3) is 3.87. The highest BCUT2D eigenvalue weighted by molar-refractivity contribution is 5.80. The van der Waals surface area contributed by atoms with Crippen LogP contribution in [0.15, 0.2) is 59.6 Å². The van der Waals surface area contributed by atoms with Gasteiger partial charge in [-0.15, -0.1) is 0 Å². The van der Waals surface area contributed by atoms with E-state index in [0.29, 0.717) is 6.54 Å². The summed E-state index contributed by atoms with van der Waals surface area (Å²) in [5, 5.41) is 6.80. The van der Waals surface area contributed by atoms with E-state index in [2.05, 4.69) is 64.4 Å². The first-order chi connectivity index (χ1) is 12.5. The van der Waals surface area contributed by atoms with Gasteiger partial charge in [-0.2, -0.15) is 0 Å². The van der Waals surface area contributed by atoms with E-state index in [-0.39, 0.29) is 5.41 Å². The number of imidazole rings is 1. The maximum Gasteiger partial charge on any atom is 0.191 e. The Morgan fingerprint density at radius 2 is 1.73 bits per heavy atom. The van der Waals surface area contributed by atoms with Crippen LogP contribution in [-0.2, 0) is 19.0 Å². The first kappa shape index (κ1) is 18.0. The lowest BCUT2D eigenvalue weighted by Gasteiger charge is -2.26. The highest BCUT2D eigenvalue weighted by atomic mass is 15.2. The van der Waals surface area contributed by atoms with E-state index in [1.54, 1.807) is 7.05 Å². The van der Waals surface area contributed by atoms with Crippen molar-refractivity contribution in [1.82, 2.24) is 20.2 Å². The molecule has 0 aliphatic rings. The lowest BCUT2D eigenvalue weighted by atomic mass is 9.85. The highest BCUT2D eigenvalue weighted by Crippen LogP contribution is 2.21. The molecule has 5 heteroatoms. The number of hydrogen-bond acceptors (Lipinski definition) is 2. The Labute approximate surface area is 155 Å². The van der Waals surface area contributed by atoms with Crippen molar-refractivity contribution < 1.29 is 0 Å². The average Bonchev–Trinajstić information content (AvgIpc) is 2.99. The maximum atomic E-state index is 4.69. The molecule has 3 rings (SSSR count). The summed E-state index contributed by atoms with van der Waals surface area (Å²) >= 11 is 0. The number of nitrogens with one attached hydrogen (secondary N) is 2. The lowest BCUT2D eigenvalue weighted by molar-refractivity contribution is 0.508. The summed E-state index contributed by atoms with van der Waals surface area (Å²) in [5.41, 5.74) is 3.47. The van der Waals surface area contributed by atoms with Gasteiger partial charge >= 0.3 is 0 Å². The number of benzene rings is 2.